The van der Waals surface area contributed by atoms with Gasteiger partial charge < -0.3 is 5.73 Å². The van der Waals surface area contributed by atoms with Crippen molar-refractivity contribution in [3.8, 4) is 0 Å². The lowest BCUT2D eigenvalue weighted by molar-refractivity contribution is 0.220. The fraction of sp³-hybridized carbons (Fsp3) is 0.900. The van der Waals surface area contributed by atoms with Crippen LogP contribution in [0.5, 0.6) is 0 Å². The predicted octanol–water partition coefficient (Wildman–Crippen LogP) is 1.77. The van der Waals surface area contributed by atoms with E-state index < -0.39 is 0 Å². The summed E-state index contributed by atoms with van der Waals surface area (Å²) in [6.07, 6.45) is 4.14. The molecule has 2 atom stereocenters. The van der Waals surface area contributed by atoms with E-state index in [1.807, 2.05) is 11.8 Å². The number of nitrogens with zero attached hydrogens (tertiary/aromatic N) is 1. The third-order valence-corrected chi connectivity index (χ3v) is 3.36. The quantitative estimate of drug-likeness (QED) is 0.505. The zero-order valence-electron chi connectivity index (χ0n) is 9.71. The van der Waals surface area contributed by atoms with Gasteiger partial charge in [0.05, 0.1) is 6.04 Å². The lowest BCUT2D eigenvalue weighted by atomic mass is 10.1. The maximum Gasteiger partial charge on any atom is 0.108 e. The summed E-state index contributed by atoms with van der Waals surface area (Å²) in [5.41, 5.74) is 5.57. The van der Waals surface area contributed by atoms with Crippen LogP contribution in [0.3, 0.4) is 0 Å². The van der Waals surface area contributed by atoms with Crippen molar-refractivity contribution in [1.29, 1.82) is 5.41 Å². The Morgan fingerprint density at radius 1 is 1.43 bits per heavy atom. The molecule has 0 aromatic rings. The smallest absolute Gasteiger partial charge is 0.108 e. The van der Waals surface area contributed by atoms with Crippen molar-refractivity contribution < 1.29 is 0 Å². The molecule has 4 heteroatoms. The summed E-state index contributed by atoms with van der Waals surface area (Å²) < 4.78 is 0. The average molecular weight is 217 g/mol. The number of rotatable bonds is 7. The number of likely N-dealkylation sites (N-methyl/N-ethyl adjacent to an activating group) is 1. The fourth-order valence-electron chi connectivity index (χ4n) is 1.70. The minimum absolute atomic E-state index is 0.104. The maximum atomic E-state index is 7.51. The fourth-order valence-corrected chi connectivity index (χ4v) is 2.55. The van der Waals surface area contributed by atoms with Gasteiger partial charge in [-0.25, -0.2) is 0 Å². The molecule has 0 aromatic heterocycles. The van der Waals surface area contributed by atoms with Crippen LogP contribution >= 0.6 is 11.8 Å². The normalized spacial score (nSPS) is 15.5. The van der Waals surface area contributed by atoms with E-state index in [0.29, 0.717) is 6.04 Å². The van der Waals surface area contributed by atoms with Gasteiger partial charge in [-0.1, -0.05) is 13.8 Å². The van der Waals surface area contributed by atoms with Gasteiger partial charge in [0.2, 0.25) is 0 Å². The molecule has 14 heavy (non-hydrogen) atoms. The molecule has 0 radical (unpaired) electrons. The largest absolute Gasteiger partial charge is 0.386 e. The van der Waals surface area contributed by atoms with Crippen LogP contribution in [0, 0.1) is 5.41 Å². The molecule has 0 saturated carbocycles. The van der Waals surface area contributed by atoms with Crippen LogP contribution in [0.4, 0.5) is 0 Å². The van der Waals surface area contributed by atoms with Crippen molar-refractivity contribution in [2.75, 3.05) is 19.1 Å². The van der Waals surface area contributed by atoms with Crippen LogP contribution in [-0.2, 0) is 0 Å². The standard InChI is InChI=1S/C10H23N3S/c1-5-8(7-14-4)13(3)9(6-2)10(11)12/h8-9H,5-7H2,1-4H3,(H3,11,12). The molecule has 0 aliphatic carbocycles. The highest BCUT2D eigenvalue weighted by molar-refractivity contribution is 7.98. The van der Waals surface area contributed by atoms with Gasteiger partial charge in [-0.15, -0.1) is 0 Å². The molecule has 0 amide bonds. The van der Waals surface area contributed by atoms with E-state index in [9.17, 15) is 0 Å². The minimum atomic E-state index is 0.104. The Hall–Kier alpha value is -0.220. The molecule has 2 unspecified atom stereocenters. The topological polar surface area (TPSA) is 53.1 Å². The van der Waals surface area contributed by atoms with E-state index in [-0.39, 0.29) is 11.9 Å². The molecule has 3 N–H and O–H groups in total. The number of thioether (sulfide) groups is 1. The van der Waals surface area contributed by atoms with Gasteiger partial charge in [0.15, 0.2) is 0 Å². The van der Waals surface area contributed by atoms with Crippen LogP contribution in [-0.4, -0.2) is 41.9 Å². The minimum Gasteiger partial charge on any atom is -0.386 e. The number of amidine groups is 1. The highest BCUT2D eigenvalue weighted by Crippen LogP contribution is 2.13. The molecule has 0 aromatic carbocycles. The van der Waals surface area contributed by atoms with Crippen molar-refractivity contribution in [1.82, 2.24) is 4.90 Å². The summed E-state index contributed by atoms with van der Waals surface area (Å²) in [7, 11) is 2.07. The van der Waals surface area contributed by atoms with Crippen LogP contribution < -0.4 is 5.73 Å². The monoisotopic (exact) mass is 217 g/mol. The van der Waals surface area contributed by atoms with Crippen LogP contribution in [0.25, 0.3) is 0 Å². The van der Waals surface area contributed by atoms with Crippen LogP contribution in [0.15, 0.2) is 0 Å². The van der Waals surface area contributed by atoms with Crippen molar-refractivity contribution in [2.45, 2.75) is 38.8 Å². The first-order valence-electron chi connectivity index (χ1n) is 5.13. The van der Waals surface area contributed by atoms with Gasteiger partial charge in [0.25, 0.3) is 0 Å². The van der Waals surface area contributed by atoms with Crippen LogP contribution in [0.2, 0.25) is 0 Å². The Balaban J connectivity index is 4.36. The molecular formula is C10H23N3S. The van der Waals surface area contributed by atoms with Gasteiger partial charge >= 0.3 is 0 Å². The summed E-state index contributed by atoms with van der Waals surface area (Å²) in [5.74, 6) is 1.39. The first-order valence-corrected chi connectivity index (χ1v) is 6.52. The van der Waals surface area contributed by atoms with Gasteiger partial charge in [-0.2, -0.15) is 11.8 Å². The molecule has 0 aliphatic rings. The highest BCUT2D eigenvalue weighted by Gasteiger charge is 2.21. The molecule has 0 fully saturated rings. The Labute approximate surface area is 91.9 Å². The van der Waals surface area contributed by atoms with Gasteiger partial charge in [0.1, 0.15) is 5.84 Å². The molecule has 0 rings (SSSR count). The summed E-state index contributed by atoms with van der Waals surface area (Å²) >= 11 is 1.85. The maximum absolute atomic E-state index is 7.51. The second-order valence-corrected chi connectivity index (χ2v) is 4.47. The molecule has 0 saturated heterocycles. The summed E-state index contributed by atoms with van der Waals surface area (Å²) in [6.45, 7) is 4.26. The Morgan fingerprint density at radius 2 is 2.00 bits per heavy atom. The zero-order chi connectivity index (χ0) is 11.1. The predicted molar refractivity (Wildman–Crippen MR) is 66.2 cm³/mol. The van der Waals surface area contributed by atoms with Crippen molar-refractivity contribution in [3.63, 3.8) is 0 Å². The number of hydrogen-bond donors (Lipinski definition) is 2. The van der Waals surface area contributed by atoms with E-state index in [4.69, 9.17) is 11.1 Å². The van der Waals surface area contributed by atoms with E-state index in [0.717, 1.165) is 18.6 Å². The first-order chi connectivity index (χ1) is 6.58. The van der Waals surface area contributed by atoms with Crippen molar-refractivity contribution in [3.05, 3.63) is 0 Å². The third-order valence-electron chi connectivity index (χ3n) is 2.64. The lowest BCUT2D eigenvalue weighted by Gasteiger charge is -2.33. The van der Waals surface area contributed by atoms with Gasteiger partial charge in [0, 0.05) is 11.8 Å². The van der Waals surface area contributed by atoms with Crippen molar-refractivity contribution in [2.24, 2.45) is 5.73 Å². The molecular weight excluding hydrogens is 194 g/mol. The molecule has 0 heterocycles. The van der Waals surface area contributed by atoms with Crippen LogP contribution in [0.1, 0.15) is 26.7 Å². The zero-order valence-corrected chi connectivity index (χ0v) is 10.5. The Morgan fingerprint density at radius 3 is 2.29 bits per heavy atom. The van der Waals surface area contributed by atoms with E-state index in [1.165, 1.54) is 0 Å². The average Bonchev–Trinajstić information content (AvgIpc) is 2.14. The Kier molecular flexibility index (Phi) is 7.01. The van der Waals surface area contributed by atoms with E-state index in [1.54, 1.807) is 0 Å². The SMILES string of the molecule is CCC(CSC)N(C)C(CC)C(=N)N. The second-order valence-electron chi connectivity index (χ2n) is 3.56. The number of nitrogens with one attached hydrogen (secondary N) is 1. The number of hydrogen-bond acceptors (Lipinski definition) is 3. The summed E-state index contributed by atoms with van der Waals surface area (Å²) in [6, 6.07) is 0.631. The summed E-state index contributed by atoms with van der Waals surface area (Å²) in [4.78, 5) is 2.23. The van der Waals surface area contributed by atoms with E-state index in [2.05, 4.69) is 32.1 Å². The molecule has 3 nitrogen and oxygen atoms in total. The lowest BCUT2D eigenvalue weighted by Crippen LogP contribution is -2.47. The van der Waals surface area contributed by atoms with Gasteiger partial charge in [-0.3, -0.25) is 10.3 Å². The van der Waals surface area contributed by atoms with Gasteiger partial charge in [-0.05, 0) is 26.1 Å². The van der Waals surface area contributed by atoms with Crippen molar-refractivity contribution >= 4 is 17.6 Å². The highest BCUT2D eigenvalue weighted by atomic mass is 32.2. The molecule has 84 valence electrons. The molecule has 0 aliphatic heterocycles. The number of nitrogens with two attached hydrogens (primary N) is 1. The Bertz CT molecular complexity index is 173. The van der Waals surface area contributed by atoms with E-state index >= 15 is 0 Å². The third kappa shape index (κ3) is 3.88. The second kappa shape index (κ2) is 7.12. The first kappa shape index (κ1) is 13.8. The molecule has 0 bridgehead atoms. The molecule has 0 spiro atoms. The summed E-state index contributed by atoms with van der Waals surface area (Å²) in [5, 5.41) is 7.51.